The molecule has 6 heteroatoms. The number of hydrogen-bond donors (Lipinski definition) is 2. The Hall–Kier alpha value is -1.37. The summed E-state index contributed by atoms with van der Waals surface area (Å²) in [5, 5.41) is 12.7. The highest BCUT2D eigenvalue weighted by Gasteiger charge is 2.26. The van der Waals surface area contributed by atoms with Crippen LogP contribution in [-0.2, 0) is 16.1 Å². The molecule has 1 fully saturated rings. The summed E-state index contributed by atoms with van der Waals surface area (Å²) >= 11 is 0. The lowest BCUT2D eigenvalue weighted by atomic mass is 9.97. The molecule has 2 rings (SSSR count). The Morgan fingerprint density at radius 3 is 3.24 bits per heavy atom. The van der Waals surface area contributed by atoms with Crippen molar-refractivity contribution in [3.8, 4) is 0 Å². The Morgan fingerprint density at radius 1 is 1.67 bits per heavy atom. The van der Waals surface area contributed by atoms with Crippen LogP contribution in [0, 0.1) is 5.92 Å². The molecule has 0 aliphatic carbocycles. The Bertz CT molecular complexity index is 421. The highest BCUT2D eigenvalue weighted by Crippen LogP contribution is 2.16. The van der Waals surface area contributed by atoms with Crippen molar-refractivity contribution < 1.29 is 19.1 Å². The number of nitrogens with one attached hydrogen (secondary N) is 1. The molecule has 1 aliphatic heterocycles. The first kappa shape index (κ1) is 16.0. The lowest BCUT2D eigenvalue weighted by Crippen LogP contribution is -2.45. The fraction of sp³-hybridized carbons (Fsp3) is 0.667. The maximum Gasteiger partial charge on any atom is 0.224 e. The second-order valence-electron chi connectivity index (χ2n) is 5.46. The van der Waals surface area contributed by atoms with Gasteiger partial charge in [-0.15, -0.1) is 0 Å². The number of hydrogen-bond acceptors (Lipinski definition) is 5. The van der Waals surface area contributed by atoms with Crippen LogP contribution >= 0.6 is 0 Å². The van der Waals surface area contributed by atoms with E-state index in [4.69, 9.17) is 9.15 Å². The van der Waals surface area contributed by atoms with Crippen LogP contribution in [0.15, 0.2) is 22.8 Å². The van der Waals surface area contributed by atoms with Gasteiger partial charge < -0.3 is 19.6 Å². The van der Waals surface area contributed by atoms with Crippen molar-refractivity contribution in [2.24, 2.45) is 5.92 Å². The van der Waals surface area contributed by atoms with E-state index in [0.717, 1.165) is 25.1 Å². The summed E-state index contributed by atoms with van der Waals surface area (Å²) < 4.78 is 10.6. The molecule has 1 aromatic heterocycles. The Labute approximate surface area is 125 Å². The van der Waals surface area contributed by atoms with Crippen molar-refractivity contribution in [1.29, 1.82) is 0 Å². The van der Waals surface area contributed by atoms with Crippen LogP contribution in [-0.4, -0.2) is 55.3 Å². The fourth-order valence-electron chi connectivity index (χ4n) is 2.68. The maximum atomic E-state index is 11.7. The topological polar surface area (TPSA) is 74.9 Å². The lowest BCUT2D eigenvalue weighted by molar-refractivity contribution is -0.126. The van der Waals surface area contributed by atoms with E-state index >= 15 is 0 Å². The number of carbonyl (C=O) groups excluding carboxylic acids is 1. The van der Waals surface area contributed by atoms with Gasteiger partial charge in [0.15, 0.2) is 0 Å². The third-order valence-electron chi connectivity index (χ3n) is 3.73. The van der Waals surface area contributed by atoms with Gasteiger partial charge in [0.2, 0.25) is 5.91 Å². The Balaban J connectivity index is 1.67. The standard InChI is InChI=1S/C15H24N2O4/c1-16-15(19)12-4-2-6-17(8-12)9-13(18)10-20-11-14-5-3-7-21-14/h3,5,7,12-13,18H,2,4,6,8-11H2,1H3,(H,16,19). The van der Waals surface area contributed by atoms with Crippen molar-refractivity contribution in [3.05, 3.63) is 24.2 Å². The van der Waals surface area contributed by atoms with E-state index in [1.165, 1.54) is 0 Å². The summed E-state index contributed by atoms with van der Waals surface area (Å²) in [6, 6.07) is 3.65. The molecule has 2 unspecified atom stereocenters. The van der Waals surface area contributed by atoms with E-state index in [1.807, 2.05) is 12.1 Å². The molecule has 2 heterocycles. The third kappa shape index (κ3) is 5.15. The molecule has 118 valence electrons. The smallest absolute Gasteiger partial charge is 0.224 e. The molecule has 2 N–H and O–H groups in total. The van der Waals surface area contributed by atoms with Crippen LogP contribution in [0.25, 0.3) is 0 Å². The normalized spacial score (nSPS) is 21.1. The third-order valence-corrected chi connectivity index (χ3v) is 3.73. The average molecular weight is 296 g/mol. The van der Waals surface area contributed by atoms with Crippen LogP contribution in [0.1, 0.15) is 18.6 Å². The highest BCUT2D eigenvalue weighted by atomic mass is 16.5. The number of β-amino-alcohol motifs (C(OH)–C–C–N with tert-alkyl or cyclic N) is 1. The number of ether oxygens (including phenoxy) is 1. The molecule has 6 nitrogen and oxygen atoms in total. The summed E-state index contributed by atoms with van der Waals surface area (Å²) in [5.41, 5.74) is 0. The Kier molecular flexibility index (Phi) is 6.22. The molecule has 1 aromatic rings. The molecule has 0 bridgehead atoms. The van der Waals surface area contributed by atoms with Crippen molar-refractivity contribution in [1.82, 2.24) is 10.2 Å². The number of nitrogens with zero attached hydrogens (tertiary/aromatic N) is 1. The summed E-state index contributed by atoms with van der Waals surface area (Å²) in [6.45, 7) is 2.79. The first-order chi connectivity index (χ1) is 10.2. The summed E-state index contributed by atoms with van der Waals surface area (Å²) in [6.07, 6.45) is 2.95. The quantitative estimate of drug-likeness (QED) is 0.771. The predicted molar refractivity (Wildman–Crippen MR) is 77.6 cm³/mol. The number of carbonyl (C=O) groups is 1. The van der Waals surface area contributed by atoms with Crippen molar-refractivity contribution in [3.63, 3.8) is 0 Å². The summed E-state index contributed by atoms with van der Waals surface area (Å²) in [4.78, 5) is 13.8. The second kappa shape index (κ2) is 8.17. The van der Waals surface area contributed by atoms with E-state index in [1.54, 1.807) is 13.3 Å². The van der Waals surface area contributed by atoms with E-state index in [2.05, 4.69) is 10.2 Å². The van der Waals surface area contributed by atoms with Crippen LogP contribution < -0.4 is 5.32 Å². The highest BCUT2D eigenvalue weighted by molar-refractivity contribution is 5.78. The minimum atomic E-state index is -0.552. The molecule has 1 saturated heterocycles. The maximum absolute atomic E-state index is 11.7. The van der Waals surface area contributed by atoms with Gasteiger partial charge in [-0.25, -0.2) is 0 Å². The second-order valence-corrected chi connectivity index (χ2v) is 5.46. The zero-order chi connectivity index (χ0) is 15.1. The minimum absolute atomic E-state index is 0.0278. The lowest BCUT2D eigenvalue weighted by Gasteiger charge is -2.32. The van der Waals surface area contributed by atoms with Gasteiger partial charge in [0.1, 0.15) is 12.4 Å². The first-order valence-corrected chi connectivity index (χ1v) is 7.41. The molecule has 0 radical (unpaired) electrons. The molecule has 0 spiro atoms. The number of rotatable bonds is 7. The fourth-order valence-corrected chi connectivity index (χ4v) is 2.68. The van der Waals surface area contributed by atoms with Gasteiger partial charge in [0.25, 0.3) is 0 Å². The zero-order valence-electron chi connectivity index (χ0n) is 12.5. The number of furan rings is 1. The number of aliphatic hydroxyl groups excluding tert-OH is 1. The number of aliphatic hydroxyl groups is 1. The van der Waals surface area contributed by atoms with E-state index < -0.39 is 6.10 Å². The van der Waals surface area contributed by atoms with Gasteiger partial charge in [-0.05, 0) is 31.5 Å². The average Bonchev–Trinajstić information content (AvgIpc) is 3.00. The van der Waals surface area contributed by atoms with E-state index in [0.29, 0.717) is 19.7 Å². The molecule has 21 heavy (non-hydrogen) atoms. The molecule has 2 atom stereocenters. The Morgan fingerprint density at radius 2 is 2.52 bits per heavy atom. The van der Waals surface area contributed by atoms with E-state index in [-0.39, 0.29) is 18.4 Å². The molecule has 1 amide bonds. The number of likely N-dealkylation sites (tertiary alicyclic amines) is 1. The van der Waals surface area contributed by atoms with E-state index in [9.17, 15) is 9.90 Å². The minimum Gasteiger partial charge on any atom is -0.467 e. The zero-order valence-corrected chi connectivity index (χ0v) is 12.5. The van der Waals surface area contributed by atoms with Gasteiger partial charge >= 0.3 is 0 Å². The SMILES string of the molecule is CNC(=O)C1CCCN(CC(O)COCc2ccco2)C1. The van der Waals surface area contributed by atoms with Gasteiger partial charge in [0.05, 0.1) is 24.9 Å². The predicted octanol–water partition coefficient (Wildman–Crippen LogP) is 0.615. The first-order valence-electron chi connectivity index (χ1n) is 7.41. The van der Waals surface area contributed by atoms with Crippen LogP contribution in [0.5, 0.6) is 0 Å². The van der Waals surface area contributed by atoms with Crippen LogP contribution in [0.2, 0.25) is 0 Å². The largest absolute Gasteiger partial charge is 0.467 e. The summed E-state index contributed by atoms with van der Waals surface area (Å²) in [5.74, 6) is 0.864. The van der Waals surface area contributed by atoms with Gasteiger partial charge in [0, 0.05) is 20.1 Å². The van der Waals surface area contributed by atoms with Crippen molar-refractivity contribution in [2.75, 3.05) is 33.3 Å². The van der Waals surface area contributed by atoms with Gasteiger partial charge in [-0.1, -0.05) is 0 Å². The van der Waals surface area contributed by atoms with Crippen LogP contribution in [0.3, 0.4) is 0 Å². The molecular formula is C15H24N2O4. The monoisotopic (exact) mass is 296 g/mol. The van der Waals surface area contributed by atoms with Gasteiger partial charge in [-0.2, -0.15) is 0 Å². The number of piperidine rings is 1. The summed E-state index contributed by atoms with van der Waals surface area (Å²) in [7, 11) is 1.67. The van der Waals surface area contributed by atoms with Crippen molar-refractivity contribution >= 4 is 5.91 Å². The number of amides is 1. The van der Waals surface area contributed by atoms with Crippen LogP contribution in [0.4, 0.5) is 0 Å². The van der Waals surface area contributed by atoms with Gasteiger partial charge in [-0.3, -0.25) is 9.69 Å². The van der Waals surface area contributed by atoms with Crippen molar-refractivity contribution in [2.45, 2.75) is 25.6 Å². The molecule has 0 saturated carbocycles. The molecular weight excluding hydrogens is 272 g/mol. The molecule has 1 aliphatic rings. The molecule has 0 aromatic carbocycles.